The van der Waals surface area contributed by atoms with Crippen LogP contribution in [0.3, 0.4) is 0 Å². The smallest absolute Gasteiger partial charge is 0.386 e. The van der Waals surface area contributed by atoms with Crippen LogP contribution in [-0.2, 0) is 28.7 Å². The maximum absolute atomic E-state index is 14.1. The first-order valence-corrected chi connectivity index (χ1v) is 18.3. The first kappa shape index (κ1) is 34.8. The summed E-state index contributed by atoms with van der Waals surface area (Å²) in [5.74, 6) is -1.23. The van der Waals surface area contributed by atoms with Crippen LogP contribution < -0.4 is 10.6 Å². The van der Waals surface area contributed by atoms with Crippen molar-refractivity contribution in [3.05, 3.63) is 44.6 Å². The van der Waals surface area contributed by atoms with Crippen LogP contribution in [0.2, 0.25) is 5.02 Å². The lowest BCUT2D eigenvalue weighted by atomic mass is 9.91. The van der Waals surface area contributed by atoms with Gasteiger partial charge in [0.1, 0.15) is 0 Å². The van der Waals surface area contributed by atoms with Gasteiger partial charge in [0.05, 0.1) is 34.4 Å². The van der Waals surface area contributed by atoms with E-state index >= 15 is 0 Å². The number of rotatable bonds is 8. The van der Waals surface area contributed by atoms with E-state index in [1.165, 1.54) is 32.4 Å². The van der Waals surface area contributed by atoms with Gasteiger partial charge in [-0.15, -0.1) is 11.3 Å². The number of nitrogens with zero attached hydrogens (tertiary/aromatic N) is 4. The fourth-order valence-electron chi connectivity index (χ4n) is 7.83. The molecule has 4 aliphatic heterocycles. The Morgan fingerprint density at radius 3 is 2.33 bits per heavy atom. The van der Waals surface area contributed by atoms with Crippen LogP contribution in [0.5, 0.6) is 0 Å². The first-order chi connectivity index (χ1) is 23.0. The van der Waals surface area contributed by atoms with Gasteiger partial charge in [-0.2, -0.15) is 13.2 Å². The summed E-state index contributed by atoms with van der Waals surface area (Å²) in [4.78, 5) is 49.6. The van der Waals surface area contributed by atoms with Gasteiger partial charge in [0, 0.05) is 56.6 Å². The molecule has 0 bridgehead atoms. The van der Waals surface area contributed by atoms with Gasteiger partial charge in [-0.1, -0.05) is 18.0 Å². The van der Waals surface area contributed by atoms with Gasteiger partial charge in [-0.3, -0.25) is 9.59 Å². The fraction of sp³-hybridized carbons (Fsp3) is 0.618. The zero-order valence-corrected chi connectivity index (χ0v) is 28.9. The van der Waals surface area contributed by atoms with Crippen molar-refractivity contribution in [2.45, 2.75) is 82.6 Å². The largest absolute Gasteiger partial charge is 0.418 e. The molecule has 48 heavy (non-hydrogen) atoms. The standard InChI is InChI=1S/C34H44ClF3N6O3S/c1-39-31-26(34(36,37)38)18-22(19-27(31)35)17-23(32(46)43-14-5-24(6-15-43)41-10-3-2-4-11-41)20-30(45)42-12-7-25(8-13-42)44-21-29-28(9-16-48-29)40-33(44)47/h9,16,18-19,23-25,39H,2-8,10-15,17,20-21H2,1H3,(H,40,47)/t23-/m0/s1. The molecule has 3 fully saturated rings. The quantitative estimate of drug-likeness (QED) is 0.326. The molecule has 3 saturated heterocycles. The molecule has 0 radical (unpaired) electrons. The number of amides is 4. The van der Waals surface area contributed by atoms with Crippen LogP contribution >= 0.6 is 22.9 Å². The highest BCUT2D eigenvalue weighted by molar-refractivity contribution is 7.10. The molecular formula is C34H44ClF3N6O3S. The number of carbonyl (C=O) groups excluding carboxylic acids is 3. The van der Waals surface area contributed by atoms with E-state index in [0.717, 1.165) is 42.6 Å². The molecule has 4 aliphatic rings. The molecule has 1 atom stereocenters. The topological polar surface area (TPSA) is 88.2 Å². The second kappa shape index (κ2) is 14.8. The maximum atomic E-state index is 14.1. The fourth-order valence-corrected chi connectivity index (χ4v) is 9.00. The van der Waals surface area contributed by atoms with E-state index in [9.17, 15) is 27.6 Å². The summed E-state index contributed by atoms with van der Waals surface area (Å²) in [7, 11) is 1.38. The highest BCUT2D eigenvalue weighted by Crippen LogP contribution is 2.40. The molecule has 0 aliphatic carbocycles. The predicted octanol–water partition coefficient (Wildman–Crippen LogP) is 6.53. The van der Waals surface area contributed by atoms with Crippen molar-refractivity contribution >= 4 is 52.2 Å². The number of fused-ring (bicyclic) bond motifs is 1. The van der Waals surface area contributed by atoms with E-state index in [2.05, 4.69) is 15.5 Å². The van der Waals surface area contributed by atoms with E-state index in [0.29, 0.717) is 51.6 Å². The zero-order valence-electron chi connectivity index (χ0n) is 27.3. The van der Waals surface area contributed by atoms with Crippen molar-refractivity contribution in [3.63, 3.8) is 0 Å². The highest BCUT2D eigenvalue weighted by atomic mass is 35.5. The molecule has 2 N–H and O–H groups in total. The average molecular weight is 709 g/mol. The molecule has 1 aromatic heterocycles. The Hall–Kier alpha value is -3.03. The number of benzene rings is 1. The SMILES string of the molecule is CNc1c(Cl)cc(C[C@@H](CC(=O)N2CCC(N3Cc4sccc4NC3=O)CC2)C(=O)N2CCC(N3CCCCC3)CC2)cc1C(F)(F)F. The van der Waals surface area contributed by atoms with E-state index in [4.69, 9.17) is 11.6 Å². The molecule has 0 spiro atoms. The lowest BCUT2D eigenvalue weighted by molar-refractivity contribution is -0.143. The molecule has 0 saturated carbocycles. The zero-order chi connectivity index (χ0) is 34.0. The molecule has 4 amide bonds. The Labute approximate surface area is 288 Å². The van der Waals surface area contributed by atoms with E-state index in [1.54, 1.807) is 21.1 Å². The van der Waals surface area contributed by atoms with Gasteiger partial charge >= 0.3 is 12.2 Å². The van der Waals surface area contributed by atoms with Crippen LogP contribution in [0, 0.1) is 5.92 Å². The Morgan fingerprint density at radius 2 is 1.67 bits per heavy atom. The van der Waals surface area contributed by atoms with Gasteiger partial charge in [-0.05, 0) is 87.2 Å². The summed E-state index contributed by atoms with van der Waals surface area (Å²) in [6, 6.07) is 4.67. The van der Waals surface area contributed by atoms with Crippen molar-refractivity contribution in [2.24, 2.45) is 5.92 Å². The number of nitrogens with one attached hydrogen (secondary N) is 2. The minimum Gasteiger partial charge on any atom is -0.386 e. The Kier molecular flexibility index (Phi) is 10.8. The van der Waals surface area contributed by atoms with Crippen LogP contribution in [0.25, 0.3) is 0 Å². The number of hydrogen-bond donors (Lipinski definition) is 2. The minimum absolute atomic E-state index is 0.0171. The molecule has 2 aromatic rings. The summed E-state index contributed by atoms with van der Waals surface area (Å²) >= 11 is 7.91. The number of alkyl halides is 3. The number of piperidine rings is 3. The monoisotopic (exact) mass is 708 g/mol. The van der Waals surface area contributed by atoms with Gasteiger partial charge in [-0.25, -0.2) is 4.79 Å². The summed E-state index contributed by atoms with van der Waals surface area (Å²) in [6.45, 7) is 4.70. The second-order valence-electron chi connectivity index (χ2n) is 13.4. The summed E-state index contributed by atoms with van der Waals surface area (Å²) in [5.41, 5.74) is 0.00561. The lowest BCUT2D eigenvalue weighted by Crippen LogP contribution is -2.52. The number of halogens is 4. The van der Waals surface area contributed by atoms with Gasteiger partial charge in [0.2, 0.25) is 11.8 Å². The third-order valence-electron chi connectivity index (χ3n) is 10.5. The third kappa shape index (κ3) is 7.73. The van der Waals surface area contributed by atoms with Crippen molar-refractivity contribution in [1.29, 1.82) is 0 Å². The van der Waals surface area contributed by atoms with Gasteiger partial charge in [0.25, 0.3) is 0 Å². The van der Waals surface area contributed by atoms with E-state index in [-0.39, 0.29) is 53.0 Å². The minimum atomic E-state index is -4.65. The number of urea groups is 1. The van der Waals surface area contributed by atoms with Crippen LogP contribution in [-0.4, -0.2) is 95.8 Å². The molecule has 14 heteroatoms. The second-order valence-corrected chi connectivity index (χ2v) is 14.8. The first-order valence-electron chi connectivity index (χ1n) is 17.0. The van der Waals surface area contributed by atoms with Gasteiger partial charge in [0.15, 0.2) is 0 Å². The molecule has 6 rings (SSSR count). The Bertz CT molecular complexity index is 1480. The average Bonchev–Trinajstić information content (AvgIpc) is 3.54. The number of carbonyl (C=O) groups is 3. The van der Waals surface area contributed by atoms with Crippen molar-refractivity contribution < 1.29 is 27.6 Å². The molecule has 0 unspecified atom stereocenters. The van der Waals surface area contributed by atoms with Gasteiger partial charge < -0.3 is 30.2 Å². The number of anilines is 2. The predicted molar refractivity (Wildman–Crippen MR) is 181 cm³/mol. The van der Waals surface area contributed by atoms with E-state index < -0.39 is 17.7 Å². The molecule has 5 heterocycles. The number of thiophene rings is 1. The summed E-state index contributed by atoms with van der Waals surface area (Å²) in [6.07, 6.45) is 1.76. The van der Waals surface area contributed by atoms with Crippen molar-refractivity contribution in [1.82, 2.24) is 19.6 Å². The van der Waals surface area contributed by atoms with Crippen LogP contribution in [0.4, 0.5) is 29.3 Å². The van der Waals surface area contributed by atoms with Crippen molar-refractivity contribution in [3.8, 4) is 0 Å². The molecule has 9 nitrogen and oxygen atoms in total. The maximum Gasteiger partial charge on any atom is 0.418 e. The normalized spacial score (nSPS) is 20.8. The number of hydrogen-bond acceptors (Lipinski definition) is 6. The van der Waals surface area contributed by atoms with Crippen LogP contribution in [0.1, 0.15) is 67.4 Å². The van der Waals surface area contributed by atoms with Crippen LogP contribution in [0.15, 0.2) is 23.6 Å². The Balaban J connectivity index is 1.14. The highest BCUT2D eigenvalue weighted by Gasteiger charge is 2.38. The third-order valence-corrected chi connectivity index (χ3v) is 11.7. The summed E-state index contributed by atoms with van der Waals surface area (Å²) in [5, 5.41) is 7.37. The Morgan fingerprint density at radius 1 is 1.00 bits per heavy atom. The number of likely N-dealkylation sites (tertiary alicyclic amines) is 3. The van der Waals surface area contributed by atoms with Crippen molar-refractivity contribution in [2.75, 3.05) is 56.9 Å². The summed E-state index contributed by atoms with van der Waals surface area (Å²) < 4.78 is 42.0. The molecular weight excluding hydrogens is 665 g/mol. The molecule has 262 valence electrons. The molecule has 1 aromatic carbocycles. The van der Waals surface area contributed by atoms with E-state index in [1.807, 2.05) is 16.3 Å². The lowest BCUT2D eigenvalue weighted by Gasteiger charge is -2.41.